The molecule has 0 spiro atoms. The van der Waals surface area contributed by atoms with E-state index >= 15 is 0 Å². The Morgan fingerprint density at radius 2 is 0.440 bits per heavy atom. The van der Waals surface area contributed by atoms with E-state index in [9.17, 15) is 0 Å². The predicted molar refractivity (Wildman–Crippen MR) is 505 cm³/mol. The van der Waals surface area contributed by atoms with Gasteiger partial charge in [-0.15, -0.1) is 0 Å². The van der Waals surface area contributed by atoms with Gasteiger partial charge in [0.05, 0.1) is 11.2 Å². The molecule has 11 heteroatoms. The summed E-state index contributed by atoms with van der Waals surface area (Å²) < 4.78 is 20.0. The van der Waals surface area contributed by atoms with Crippen molar-refractivity contribution < 1.29 is 13.3 Å². The monoisotopic (exact) mass is 1600 g/mol. The third-order valence-corrected chi connectivity index (χ3v) is 24.1. The van der Waals surface area contributed by atoms with Crippen LogP contribution >= 0.6 is 0 Å². The molecule has 3 aliphatic rings. The van der Waals surface area contributed by atoms with E-state index in [1.54, 1.807) is 0 Å². The van der Waals surface area contributed by atoms with E-state index < -0.39 is 0 Å². The zero-order valence-electron chi connectivity index (χ0n) is 67.1. The summed E-state index contributed by atoms with van der Waals surface area (Å²) in [6.07, 6.45) is 0. The molecule has 26 rings (SSSR count). The lowest BCUT2D eigenvalue weighted by Crippen LogP contribution is -2.00. The Balaban J connectivity index is 0.000000106. The summed E-state index contributed by atoms with van der Waals surface area (Å²) in [6, 6.07) is 142. The van der Waals surface area contributed by atoms with Crippen LogP contribution in [0.15, 0.2) is 426 Å². The molecule has 0 amide bonds. The second kappa shape index (κ2) is 30.0. The normalized spacial score (nSPS) is 11.7. The molecule has 6 heterocycles. The lowest BCUT2D eigenvalue weighted by atomic mass is 9.93. The van der Waals surface area contributed by atoms with Crippen molar-refractivity contribution in [3.05, 3.63) is 413 Å². The molecule has 6 aromatic heterocycles. The quantitative estimate of drug-likeness (QED) is 0.136. The molecule has 0 saturated heterocycles. The van der Waals surface area contributed by atoms with Crippen LogP contribution in [0.1, 0.15) is 0 Å². The number of benzene rings is 17. The summed E-state index contributed by atoms with van der Waals surface area (Å²) >= 11 is 0. The molecule has 0 radical (unpaired) electrons. The van der Waals surface area contributed by atoms with Gasteiger partial charge < -0.3 is 13.3 Å². The maximum atomic E-state index is 6.72. The first-order chi connectivity index (χ1) is 62.0. The second-order valence-electron chi connectivity index (χ2n) is 31.4. The van der Waals surface area contributed by atoms with Gasteiger partial charge in [0.2, 0.25) is 5.82 Å². The molecule has 0 aliphatic heterocycles. The Bertz CT molecular complexity index is 8170. The first-order valence-electron chi connectivity index (χ1n) is 41.9. The van der Waals surface area contributed by atoms with Gasteiger partial charge in [-0.1, -0.05) is 382 Å². The second-order valence-corrected chi connectivity index (χ2v) is 31.4. The molecule has 0 saturated carbocycles. The molecule has 23 aromatic rings. The highest BCUT2D eigenvalue weighted by atomic mass is 16.3. The smallest absolute Gasteiger partial charge is 0.200 e. The average Bonchev–Trinajstić information content (AvgIpc) is 1.59. The maximum Gasteiger partial charge on any atom is 0.200 e. The van der Waals surface area contributed by atoms with Crippen LogP contribution < -0.4 is 0 Å². The SMILES string of the molecule is c1ccc(-c2nc(-c3ccc(-c4oc5cccc6c5c4-c4ccccc4-c4ccccc4-6)cc3)nc(-c3ccc4ccccc4c3)n2)cc1.c1ccc(-c2nc(-c3ccccc3)nc(-c3oc4cccc5c4c3-c3ccccc3-c3ccccc3-5)n2)cc1.c1ccc(-c2nc(-c3oc4cccc5c4c3-c3ccccc3-c3ccccc3-5)nc3ccccc23)cc1. The van der Waals surface area contributed by atoms with E-state index in [0.29, 0.717) is 52.3 Å². The first kappa shape index (κ1) is 72.0. The molecule has 0 unspecified atom stereocenters. The zero-order valence-corrected chi connectivity index (χ0v) is 67.1. The molecule has 582 valence electrons. The summed E-state index contributed by atoms with van der Waals surface area (Å²) in [7, 11) is 0. The first-order valence-corrected chi connectivity index (χ1v) is 41.9. The van der Waals surface area contributed by atoms with Crippen LogP contribution in [0.4, 0.5) is 0 Å². The van der Waals surface area contributed by atoms with Gasteiger partial charge in [-0.3, -0.25) is 0 Å². The van der Waals surface area contributed by atoms with Crippen LogP contribution in [0.2, 0.25) is 0 Å². The number of para-hydroxylation sites is 1. The highest BCUT2D eigenvalue weighted by Crippen LogP contribution is 2.56. The third kappa shape index (κ3) is 12.4. The molecule has 11 nitrogen and oxygen atoms in total. The van der Waals surface area contributed by atoms with Crippen molar-refractivity contribution in [2.75, 3.05) is 0 Å². The van der Waals surface area contributed by atoms with Crippen LogP contribution in [0.3, 0.4) is 0 Å². The van der Waals surface area contributed by atoms with Gasteiger partial charge in [0.1, 0.15) is 22.5 Å². The van der Waals surface area contributed by atoms with Gasteiger partial charge in [0.25, 0.3) is 0 Å². The number of nitrogens with zero attached hydrogens (tertiary/aromatic N) is 8. The largest absolute Gasteiger partial charge is 0.455 e. The minimum absolute atomic E-state index is 0.514. The third-order valence-electron chi connectivity index (χ3n) is 24.1. The zero-order chi connectivity index (χ0) is 82.4. The summed E-state index contributed by atoms with van der Waals surface area (Å²) in [5, 5.41) is 6.67. The minimum Gasteiger partial charge on any atom is -0.455 e. The lowest BCUT2D eigenvalue weighted by Gasteiger charge is -2.12. The molecule has 0 N–H and O–H groups in total. The van der Waals surface area contributed by atoms with Crippen molar-refractivity contribution in [2.45, 2.75) is 0 Å². The number of fused-ring (bicyclic) bond motifs is 17. The van der Waals surface area contributed by atoms with Crippen LogP contribution in [0.25, 0.3) is 257 Å². The molecular formula is C114H68N8O3. The minimum atomic E-state index is 0.514. The lowest BCUT2D eigenvalue weighted by molar-refractivity contribution is 0.625. The van der Waals surface area contributed by atoms with Crippen molar-refractivity contribution in [1.82, 2.24) is 39.9 Å². The van der Waals surface area contributed by atoms with Crippen molar-refractivity contribution >= 4 is 54.6 Å². The number of hydrogen-bond acceptors (Lipinski definition) is 11. The van der Waals surface area contributed by atoms with Crippen molar-refractivity contribution in [3.8, 4) is 203 Å². The summed E-state index contributed by atoms with van der Waals surface area (Å²) in [6.45, 7) is 0. The summed E-state index contributed by atoms with van der Waals surface area (Å²) in [5.74, 6) is 6.42. The molecule has 0 atom stereocenters. The highest BCUT2D eigenvalue weighted by Gasteiger charge is 2.33. The van der Waals surface area contributed by atoms with Crippen LogP contribution in [0.5, 0.6) is 0 Å². The van der Waals surface area contributed by atoms with Crippen molar-refractivity contribution in [3.63, 3.8) is 0 Å². The van der Waals surface area contributed by atoms with Crippen molar-refractivity contribution in [2.24, 2.45) is 0 Å². The van der Waals surface area contributed by atoms with Crippen molar-refractivity contribution in [1.29, 1.82) is 0 Å². The fourth-order valence-electron chi connectivity index (χ4n) is 18.4. The van der Waals surface area contributed by atoms with Gasteiger partial charge in [0, 0.05) is 77.2 Å². The van der Waals surface area contributed by atoms with Gasteiger partial charge >= 0.3 is 0 Å². The predicted octanol–water partition coefficient (Wildman–Crippen LogP) is 29.7. The Kier molecular flexibility index (Phi) is 17.3. The van der Waals surface area contributed by atoms with Gasteiger partial charge in [-0.25, -0.2) is 39.9 Å². The van der Waals surface area contributed by atoms with E-state index in [1.807, 2.05) is 140 Å². The van der Waals surface area contributed by atoms with E-state index in [2.05, 4.69) is 273 Å². The Morgan fingerprint density at radius 3 is 0.864 bits per heavy atom. The average molecular weight is 1600 g/mol. The van der Waals surface area contributed by atoms with E-state index in [0.717, 1.165) is 139 Å². The highest BCUT2D eigenvalue weighted by molar-refractivity contribution is 6.19. The Morgan fingerprint density at radius 1 is 0.160 bits per heavy atom. The van der Waals surface area contributed by atoms with Gasteiger partial charge in [0.15, 0.2) is 46.5 Å². The molecular weight excluding hydrogens is 1530 g/mol. The Hall–Kier alpha value is -17.0. The molecule has 125 heavy (non-hydrogen) atoms. The van der Waals surface area contributed by atoms with Gasteiger partial charge in [-0.2, -0.15) is 0 Å². The number of hydrogen-bond donors (Lipinski definition) is 0. The number of aromatic nitrogens is 8. The summed E-state index contributed by atoms with van der Waals surface area (Å²) in [4.78, 5) is 40.0. The fourth-order valence-corrected chi connectivity index (χ4v) is 18.4. The molecule has 3 aliphatic carbocycles. The van der Waals surface area contributed by atoms with E-state index in [4.69, 9.17) is 53.1 Å². The topological polar surface area (TPSA) is 143 Å². The van der Waals surface area contributed by atoms with E-state index in [1.165, 1.54) is 66.6 Å². The maximum absolute atomic E-state index is 6.72. The molecule has 17 aromatic carbocycles. The van der Waals surface area contributed by atoms with Crippen LogP contribution in [-0.4, -0.2) is 39.9 Å². The van der Waals surface area contributed by atoms with E-state index in [-0.39, 0.29) is 0 Å². The molecule has 0 fully saturated rings. The number of rotatable bonds is 9. The van der Waals surface area contributed by atoms with Gasteiger partial charge in [-0.05, 0) is 125 Å². The Labute approximate surface area is 718 Å². The molecule has 0 bridgehead atoms. The standard InChI is InChI=1S/C45H27N3O.C35H21N3O.C34H20N2O/c1-2-12-30(13-3-1)43-46-44(48-45(47-43)33-26-21-28-11-4-5-14-32(28)27-33)31-24-22-29(23-25-31)42-41-38-18-9-8-17-36(38)34-15-6-7-16-35(34)37-19-10-20-39(49-42)40(37)41;1-3-12-22(13-4-1)33-36-34(23-14-5-2-6-15-23)38-35(37-33)32-31-28-19-10-9-18-26(28)24-16-7-8-17-25(24)27-20-11-21-29(39-32)30(27)31;1-2-11-21(12-3-1)32-27-17-8-9-19-28(27)35-34(36-32)33-31-26-16-7-6-15-24(26)22-13-4-5-14-23(22)25-18-10-20-29(37-33)30(25)31/h1-27H;1-21H;1-20H. The van der Waals surface area contributed by atoms with Crippen LogP contribution in [0, 0.1) is 0 Å². The fraction of sp³-hybridized carbons (Fsp3) is 0. The number of furan rings is 3. The van der Waals surface area contributed by atoms with Crippen LogP contribution in [-0.2, 0) is 0 Å². The summed E-state index contributed by atoms with van der Waals surface area (Å²) in [5.41, 5.74) is 31.9.